The zero-order valence-corrected chi connectivity index (χ0v) is 29.0. The summed E-state index contributed by atoms with van der Waals surface area (Å²) in [4.78, 5) is 2.38. The van der Waals surface area contributed by atoms with E-state index in [-0.39, 0.29) is 0 Å². The molecule has 0 N–H and O–H groups in total. The number of rotatable bonds is 4. The zero-order valence-electron chi connectivity index (χ0n) is 29.0. The van der Waals surface area contributed by atoms with Crippen LogP contribution in [0.1, 0.15) is 0 Å². The van der Waals surface area contributed by atoms with Gasteiger partial charge in [-0.1, -0.05) is 121 Å². The lowest BCUT2D eigenvalue weighted by Crippen LogP contribution is -2.11. The molecule has 4 nitrogen and oxygen atoms in total. The van der Waals surface area contributed by atoms with Crippen LogP contribution in [0.5, 0.6) is 23.0 Å². The first-order chi connectivity index (χ1) is 26.8. The van der Waals surface area contributed by atoms with E-state index in [2.05, 4.69) is 173 Å². The van der Waals surface area contributed by atoms with Crippen molar-refractivity contribution in [2.24, 2.45) is 0 Å². The van der Waals surface area contributed by atoms with Crippen LogP contribution >= 0.6 is 0 Å². The molecule has 2 aromatic heterocycles. The van der Waals surface area contributed by atoms with Crippen LogP contribution < -0.4 is 14.4 Å². The summed E-state index contributed by atoms with van der Waals surface area (Å²) in [6, 6.07) is 64.8. The Morgan fingerprint density at radius 2 is 1.00 bits per heavy atom. The van der Waals surface area contributed by atoms with Crippen molar-refractivity contribution < 1.29 is 9.47 Å². The van der Waals surface area contributed by atoms with E-state index in [0.29, 0.717) is 17.2 Å². The highest BCUT2D eigenvalue weighted by Gasteiger charge is 2.26. The van der Waals surface area contributed by atoms with Gasteiger partial charge in [-0.05, 0) is 87.3 Å². The topological polar surface area (TPSA) is 26.1 Å². The van der Waals surface area contributed by atoms with E-state index in [1.807, 2.05) is 18.2 Å². The van der Waals surface area contributed by atoms with Crippen LogP contribution in [0, 0.1) is 0 Å². The third-order valence-corrected chi connectivity index (χ3v) is 11.1. The van der Waals surface area contributed by atoms with Gasteiger partial charge in [0.05, 0.1) is 27.9 Å². The Bertz CT molecular complexity index is 3290. The smallest absolute Gasteiger partial charge is 0.172 e. The molecule has 9 aromatic carbocycles. The summed E-state index contributed by atoms with van der Waals surface area (Å²) in [6.07, 6.45) is 0. The lowest BCUT2D eigenvalue weighted by molar-refractivity contribution is 0.360. The Morgan fingerprint density at radius 3 is 1.85 bits per heavy atom. The number of fused-ring (bicyclic) bond motifs is 8. The summed E-state index contributed by atoms with van der Waals surface area (Å²) >= 11 is 0. The Kier molecular flexibility index (Phi) is 6.02. The molecule has 11 aromatic rings. The van der Waals surface area contributed by atoms with Crippen molar-refractivity contribution in [3.8, 4) is 34.1 Å². The van der Waals surface area contributed by atoms with Crippen LogP contribution in [0.3, 0.4) is 0 Å². The molecule has 0 saturated carbocycles. The Morgan fingerprint density at radius 1 is 0.370 bits per heavy atom. The maximum atomic E-state index is 6.66. The Balaban J connectivity index is 1.13. The number of aromatic nitrogens is 1. The maximum Gasteiger partial charge on any atom is 0.172 e. The van der Waals surface area contributed by atoms with Crippen molar-refractivity contribution in [1.82, 2.24) is 4.40 Å². The molecule has 0 fully saturated rings. The fourth-order valence-corrected chi connectivity index (χ4v) is 8.74. The molecule has 0 aliphatic carbocycles. The average molecular weight is 691 g/mol. The molecule has 4 heteroatoms. The molecule has 0 bridgehead atoms. The van der Waals surface area contributed by atoms with E-state index in [4.69, 9.17) is 9.47 Å². The summed E-state index contributed by atoms with van der Waals surface area (Å²) < 4.78 is 15.6. The third-order valence-electron chi connectivity index (χ3n) is 11.1. The molecule has 252 valence electrons. The molecule has 3 heterocycles. The molecular weight excluding hydrogens is 661 g/mol. The highest BCUT2D eigenvalue weighted by molar-refractivity contribution is 6.29. The first-order valence-corrected chi connectivity index (χ1v) is 18.3. The van der Waals surface area contributed by atoms with Gasteiger partial charge in [0, 0.05) is 33.3 Å². The fourth-order valence-electron chi connectivity index (χ4n) is 8.74. The van der Waals surface area contributed by atoms with E-state index in [0.717, 1.165) is 39.1 Å². The first kappa shape index (κ1) is 29.3. The number of benzene rings is 9. The van der Waals surface area contributed by atoms with Crippen LogP contribution in [0.2, 0.25) is 0 Å². The van der Waals surface area contributed by atoms with E-state index in [1.54, 1.807) is 0 Å². The van der Waals surface area contributed by atoms with Crippen LogP contribution in [0.25, 0.3) is 70.8 Å². The van der Waals surface area contributed by atoms with Gasteiger partial charge in [0.25, 0.3) is 0 Å². The molecule has 54 heavy (non-hydrogen) atoms. The highest BCUT2D eigenvalue weighted by atomic mass is 16.6. The lowest BCUT2D eigenvalue weighted by atomic mass is 9.98. The van der Waals surface area contributed by atoms with Gasteiger partial charge in [0.1, 0.15) is 0 Å². The molecule has 0 amide bonds. The van der Waals surface area contributed by atoms with E-state index >= 15 is 0 Å². The number of para-hydroxylation sites is 1. The quantitative estimate of drug-likeness (QED) is 0.136. The molecule has 0 unspecified atom stereocenters. The number of hydrogen-bond donors (Lipinski definition) is 0. The number of ether oxygens (including phenoxy) is 2. The molecule has 0 radical (unpaired) electrons. The van der Waals surface area contributed by atoms with Gasteiger partial charge >= 0.3 is 0 Å². The van der Waals surface area contributed by atoms with Crippen molar-refractivity contribution >= 4 is 76.7 Å². The monoisotopic (exact) mass is 690 g/mol. The zero-order chi connectivity index (χ0) is 35.3. The van der Waals surface area contributed by atoms with Crippen LogP contribution in [-0.4, -0.2) is 4.40 Å². The minimum atomic E-state index is 0.677. The van der Waals surface area contributed by atoms with Gasteiger partial charge in [-0.2, -0.15) is 0 Å². The first-order valence-electron chi connectivity index (χ1n) is 18.3. The standard InChI is InChI=1S/C50H30N2O2/c1-2-11-31(12-3-1)33-17-8-18-36(27-33)51(37-23-26-44-47(30-37)54-46-29-35-14-5-4-13-34(35)28-45(46)53-44)43-25-24-39-38-20-9-15-32-16-10-22-42(48(32)38)52-41-21-7-6-19-40(41)49(43)50(39)52/h1-30H. The van der Waals surface area contributed by atoms with E-state index in [9.17, 15) is 0 Å². The molecule has 1 aliphatic rings. The number of anilines is 3. The Hall–Kier alpha value is -7.30. The van der Waals surface area contributed by atoms with Crippen molar-refractivity contribution in [3.05, 3.63) is 182 Å². The predicted molar refractivity (Wildman–Crippen MR) is 223 cm³/mol. The van der Waals surface area contributed by atoms with Gasteiger partial charge in [-0.15, -0.1) is 0 Å². The summed E-state index contributed by atoms with van der Waals surface area (Å²) in [5, 5.41) is 9.66. The maximum absolute atomic E-state index is 6.66. The third kappa shape index (κ3) is 4.19. The molecule has 0 saturated heterocycles. The summed E-state index contributed by atoms with van der Waals surface area (Å²) in [7, 11) is 0. The van der Waals surface area contributed by atoms with Crippen molar-refractivity contribution in [3.63, 3.8) is 0 Å². The second-order valence-corrected chi connectivity index (χ2v) is 14.1. The molecule has 0 atom stereocenters. The molecule has 0 spiro atoms. The minimum Gasteiger partial charge on any atom is -0.449 e. The summed E-state index contributed by atoms with van der Waals surface area (Å²) in [5.74, 6) is 2.80. The summed E-state index contributed by atoms with van der Waals surface area (Å²) in [5.41, 5.74) is 9.03. The van der Waals surface area contributed by atoms with Gasteiger partial charge in [0.2, 0.25) is 0 Å². The normalized spacial score (nSPS) is 12.4. The van der Waals surface area contributed by atoms with Gasteiger partial charge in [-0.25, -0.2) is 0 Å². The number of pyridine rings is 1. The number of nitrogens with zero attached hydrogens (tertiary/aromatic N) is 2. The largest absolute Gasteiger partial charge is 0.449 e. The van der Waals surface area contributed by atoms with Gasteiger partial charge in [0.15, 0.2) is 23.0 Å². The van der Waals surface area contributed by atoms with Crippen molar-refractivity contribution in [2.45, 2.75) is 0 Å². The summed E-state index contributed by atoms with van der Waals surface area (Å²) in [6.45, 7) is 0. The van der Waals surface area contributed by atoms with Crippen LogP contribution in [0.4, 0.5) is 17.1 Å². The fraction of sp³-hybridized carbons (Fsp3) is 0. The van der Waals surface area contributed by atoms with Gasteiger partial charge < -0.3 is 18.8 Å². The highest BCUT2D eigenvalue weighted by Crippen LogP contribution is 2.52. The molecule has 1 aliphatic heterocycles. The van der Waals surface area contributed by atoms with E-state index in [1.165, 1.54) is 54.4 Å². The molecular formula is C50H30N2O2. The van der Waals surface area contributed by atoms with E-state index < -0.39 is 0 Å². The van der Waals surface area contributed by atoms with Crippen LogP contribution in [0.15, 0.2) is 182 Å². The second kappa shape index (κ2) is 11.1. The van der Waals surface area contributed by atoms with Gasteiger partial charge in [-0.3, -0.25) is 0 Å². The van der Waals surface area contributed by atoms with Crippen molar-refractivity contribution in [1.29, 1.82) is 0 Å². The number of hydrogen-bond acceptors (Lipinski definition) is 3. The predicted octanol–water partition coefficient (Wildman–Crippen LogP) is 14.2. The average Bonchev–Trinajstić information content (AvgIpc) is 3.58. The lowest BCUT2D eigenvalue weighted by Gasteiger charge is -2.29. The second-order valence-electron chi connectivity index (χ2n) is 14.1. The van der Waals surface area contributed by atoms with Crippen LogP contribution in [-0.2, 0) is 0 Å². The Labute approximate surface area is 310 Å². The van der Waals surface area contributed by atoms with Crippen molar-refractivity contribution in [2.75, 3.05) is 4.90 Å². The minimum absolute atomic E-state index is 0.677. The molecule has 12 rings (SSSR count). The SMILES string of the molecule is c1ccc(-c2cccc(N(c3ccc4c(c3)Oc3cc5ccccc5cc3O4)c3ccc4c5cccc6cccc(c65)n5c6ccccc6c3c45)c2)cc1.